The first-order valence-electron chi connectivity index (χ1n) is 13.6. The quantitative estimate of drug-likeness (QED) is 0.410. The monoisotopic (exact) mass is 521 g/mol. The van der Waals surface area contributed by atoms with E-state index in [-0.39, 0.29) is 23.8 Å². The molecule has 7 nitrogen and oxygen atoms in total. The molecular formula is C31H43N3O4. The molecule has 7 heteroatoms. The van der Waals surface area contributed by atoms with Crippen molar-refractivity contribution in [1.82, 2.24) is 10.2 Å². The van der Waals surface area contributed by atoms with E-state index in [1.807, 2.05) is 77.1 Å². The van der Waals surface area contributed by atoms with E-state index in [0.717, 1.165) is 35.1 Å². The highest BCUT2D eigenvalue weighted by molar-refractivity contribution is 6.00. The molecule has 0 aliphatic heterocycles. The summed E-state index contributed by atoms with van der Waals surface area (Å²) in [6, 6.07) is 11.7. The van der Waals surface area contributed by atoms with Gasteiger partial charge in [-0.15, -0.1) is 0 Å². The molecule has 206 valence electrons. The lowest BCUT2D eigenvalue weighted by atomic mass is 9.92. The van der Waals surface area contributed by atoms with E-state index in [9.17, 15) is 14.4 Å². The van der Waals surface area contributed by atoms with Crippen LogP contribution in [0.3, 0.4) is 0 Å². The second-order valence-electron chi connectivity index (χ2n) is 11.5. The van der Waals surface area contributed by atoms with Gasteiger partial charge in [-0.1, -0.05) is 56.7 Å². The molecule has 2 N–H and O–H groups in total. The number of aryl methyl sites for hydroxylation is 2. The van der Waals surface area contributed by atoms with E-state index < -0.39 is 23.8 Å². The summed E-state index contributed by atoms with van der Waals surface area (Å²) < 4.78 is 5.49. The Balaban J connectivity index is 2.06. The minimum atomic E-state index is -0.846. The van der Waals surface area contributed by atoms with Crippen LogP contribution in [0.25, 0.3) is 0 Å². The van der Waals surface area contributed by atoms with Gasteiger partial charge >= 0.3 is 6.09 Å². The van der Waals surface area contributed by atoms with E-state index in [4.69, 9.17) is 4.74 Å². The summed E-state index contributed by atoms with van der Waals surface area (Å²) in [5.74, 6) is -0.693. The maximum Gasteiger partial charge on any atom is 0.408 e. The molecule has 0 aromatic heterocycles. The lowest BCUT2D eigenvalue weighted by molar-refractivity contribution is -0.142. The summed E-state index contributed by atoms with van der Waals surface area (Å²) in [6.45, 7) is 15.2. The van der Waals surface area contributed by atoms with Gasteiger partial charge in [0.15, 0.2) is 0 Å². The summed E-state index contributed by atoms with van der Waals surface area (Å²) in [5.41, 5.74) is 3.76. The van der Waals surface area contributed by atoms with Gasteiger partial charge in [-0.05, 0) is 88.6 Å². The molecule has 2 aromatic carbocycles. The number of carbonyl (C=O) groups excluding carboxylic acids is 3. The molecule has 3 unspecified atom stereocenters. The van der Waals surface area contributed by atoms with Crippen LogP contribution in [0.4, 0.5) is 10.5 Å². The molecule has 1 fully saturated rings. The molecule has 3 amide bonds. The van der Waals surface area contributed by atoms with Crippen LogP contribution in [0.2, 0.25) is 0 Å². The van der Waals surface area contributed by atoms with Crippen LogP contribution in [0, 0.1) is 26.7 Å². The van der Waals surface area contributed by atoms with Crippen LogP contribution in [-0.4, -0.2) is 40.5 Å². The second kappa shape index (κ2) is 12.0. The standard InChI is InChI=1S/C31H43N3O4/c1-9-19(2)26(33-30(37)38-31(6,7)8)29(36)34(23-17-18-23)27(24-15-12-14-20(3)22(24)5)28(35)32-25-16-11-10-13-21(25)4/h10-16,19,23,26-27H,9,17-18H2,1-8H3,(H,32,35)(H,33,37). The van der Waals surface area contributed by atoms with Crippen molar-refractivity contribution in [1.29, 1.82) is 0 Å². The predicted octanol–water partition coefficient (Wildman–Crippen LogP) is 6.22. The summed E-state index contributed by atoms with van der Waals surface area (Å²) in [6.07, 6.45) is 1.66. The summed E-state index contributed by atoms with van der Waals surface area (Å²) in [4.78, 5) is 42.9. The van der Waals surface area contributed by atoms with Gasteiger partial charge in [0.05, 0.1) is 0 Å². The van der Waals surface area contributed by atoms with E-state index in [0.29, 0.717) is 12.1 Å². The number of amides is 3. The minimum absolute atomic E-state index is 0.0815. The van der Waals surface area contributed by atoms with Crippen LogP contribution in [0.15, 0.2) is 42.5 Å². The largest absolute Gasteiger partial charge is 0.444 e. The summed E-state index contributed by atoms with van der Waals surface area (Å²) >= 11 is 0. The van der Waals surface area contributed by atoms with Gasteiger partial charge in [0.2, 0.25) is 5.91 Å². The van der Waals surface area contributed by atoms with Crippen LogP contribution in [0.5, 0.6) is 0 Å². The van der Waals surface area contributed by atoms with Crippen LogP contribution in [0.1, 0.15) is 82.2 Å². The molecule has 1 saturated carbocycles. The summed E-state index contributed by atoms with van der Waals surface area (Å²) in [7, 11) is 0. The number of benzene rings is 2. The number of nitrogens with one attached hydrogen (secondary N) is 2. The first-order valence-corrected chi connectivity index (χ1v) is 13.6. The first kappa shape index (κ1) is 29.2. The molecule has 2 aromatic rings. The van der Waals surface area contributed by atoms with E-state index in [1.165, 1.54) is 0 Å². The smallest absolute Gasteiger partial charge is 0.408 e. The van der Waals surface area contributed by atoms with Gasteiger partial charge < -0.3 is 20.3 Å². The third-order valence-corrected chi connectivity index (χ3v) is 7.22. The normalized spacial score (nSPS) is 15.7. The highest BCUT2D eigenvalue weighted by atomic mass is 16.6. The highest BCUT2D eigenvalue weighted by Crippen LogP contribution is 2.38. The van der Waals surface area contributed by atoms with Crippen molar-refractivity contribution in [2.75, 3.05) is 5.32 Å². The first-order chi connectivity index (χ1) is 17.8. The van der Waals surface area contributed by atoms with Crippen molar-refractivity contribution < 1.29 is 19.1 Å². The maximum absolute atomic E-state index is 14.3. The lowest BCUT2D eigenvalue weighted by Gasteiger charge is -2.37. The van der Waals surface area contributed by atoms with Gasteiger partial charge in [0, 0.05) is 11.7 Å². The molecule has 0 bridgehead atoms. The molecule has 1 aliphatic carbocycles. The zero-order valence-corrected chi connectivity index (χ0v) is 24.1. The molecule has 3 atom stereocenters. The van der Waals surface area contributed by atoms with Crippen LogP contribution >= 0.6 is 0 Å². The van der Waals surface area contributed by atoms with Crippen molar-refractivity contribution in [2.24, 2.45) is 5.92 Å². The number of nitrogens with zero attached hydrogens (tertiary/aromatic N) is 1. The Labute approximate surface area is 227 Å². The Morgan fingerprint density at radius 1 is 1.00 bits per heavy atom. The summed E-state index contributed by atoms with van der Waals surface area (Å²) in [5, 5.41) is 5.92. The van der Waals surface area contributed by atoms with Gasteiger partial charge in [-0.2, -0.15) is 0 Å². The zero-order valence-electron chi connectivity index (χ0n) is 24.1. The van der Waals surface area contributed by atoms with Gasteiger partial charge in [0.1, 0.15) is 17.7 Å². The second-order valence-corrected chi connectivity index (χ2v) is 11.5. The number of rotatable bonds is 9. The molecular weight excluding hydrogens is 478 g/mol. The number of carbonyl (C=O) groups is 3. The number of hydrogen-bond donors (Lipinski definition) is 2. The van der Waals surface area contributed by atoms with Gasteiger partial charge in [0.25, 0.3) is 5.91 Å². The molecule has 0 spiro atoms. The average Bonchev–Trinajstić information content (AvgIpc) is 3.67. The molecule has 3 rings (SSSR count). The SMILES string of the molecule is CCC(C)C(NC(=O)OC(C)(C)C)C(=O)N(C1CC1)C(C(=O)Nc1ccccc1C)c1cccc(C)c1C. The Morgan fingerprint density at radius 3 is 2.21 bits per heavy atom. The molecule has 1 aliphatic rings. The highest BCUT2D eigenvalue weighted by Gasteiger charge is 2.45. The van der Waals surface area contributed by atoms with Gasteiger partial charge in [-0.25, -0.2) is 4.79 Å². The minimum Gasteiger partial charge on any atom is -0.444 e. The Hall–Kier alpha value is -3.35. The fourth-order valence-corrected chi connectivity index (χ4v) is 4.55. The topological polar surface area (TPSA) is 87.7 Å². The number of anilines is 1. The Bertz CT molecular complexity index is 1170. The van der Waals surface area contributed by atoms with Crippen molar-refractivity contribution in [3.63, 3.8) is 0 Å². The third kappa shape index (κ3) is 7.15. The number of ether oxygens (including phenoxy) is 1. The van der Waals surface area contributed by atoms with Crippen LogP contribution in [-0.2, 0) is 14.3 Å². The molecule has 0 radical (unpaired) electrons. The fourth-order valence-electron chi connectivity index (χ4n) is 4.55. The number of para-hydroxylation sites is 1. The van der Waals surface area contributed by atoms with Crippen LogP contribution < -0.4 is 10.6 Å². The molecule has 38 heavy (non-hydrogen) atoms. The number of hydrogen-bond acceptors (Lipinski definition) is 4. The van der Waals surface area contributed by atoms with Gasteiger partial charge in [-0.3, -0.25) is 9.59 Å². The fraction of sp³-hybridized carbons (Fsp3) is 0.516. The van der Waals surface area contributed by atoms with E-state index in [1.54, 1.807) is 25.7 Å². The molecule has 0 heterocycles. The number of alkyl carbamates (subject to hydrolysis) is 1. The third-order valence-electron chi connectivity index (χ3n) is 7.22. The predicted molar refractivity (Wildman–Crippen MR) is 151 cm³/mol. The lowest BCUT2D eigenvalue weighted by Crippen LogP contribution is -2.55. The van der Waals surface area contributed by atoms with E-state index >= 15 is 0 Å². The Morgan fingerprint density at radius 2 is 1.63 bits per heavy atom. The average molecular weight is 522 g/mol. The van der Waals surface area contributed by atoms with Crippen molar-refractivity contribution in [3.05, 3.63) is 64.7 Å². The van der Waals surface area contributed by atoms with Crippen molar-refractivity contribution in [3.8, 4) is 0 Å². The van der Waals surface area contributed by atoms with Crippen molar-refractivity contribution in [2.45, 2.75) is 98.4 Å². The zero-order chi connectivity index (χ0) is 28.2. The van der Waals surface area contributed by atoms with Crippen molar-refractivity contribution >= 4 is 23.6 Å². The Kier molecular flexibility index (Phi) is 9.23. The van der Waals surface area contributed by atoms with E-state index in [2.05, 4.69) is 10.6 Å². The maximum atomic E-state index is 14.3. The molecule has 0 saturated heterocycles.